The first-order chi connectivity index (χ1) is 10.1. The van der Waals surface area contributed by atoms with Gasteiger partial charge >= 0.3 is 5.97 Å². The lowest BCUT2D eigenvalue weighted by atomic mass is 9.94. The molecule has 0 N–H and O–H groups in total. The van der Waals surface area contributed by atoms with Crippen LogP contribution in [0.5, 0.6) is 0 Å². The van der Waals surface area contributed by atoms with Crippen molar-refractivity contribution in [3.63, 3.8) is 0 Å². The van der Waals surface area contributed by atoms with Crippen LogP contribution in [0, 0.1) is 0 Å². The normalized spacial score (nSPS) is 25.6. The van der Waals surface area contributed by atoms with Gasteiger partial charge in [0.15, 0.2) is 4.08 Å². The van der Waals surface area contributed by atoms with E-state index < -0.39 is 4.08 Å². The molecule has 5 heteroatoms. The summed E-state index contributed by atoms with van der Waals surface area (Å²) in [5.41, 5.74) is 1.37. The van der Waals surface area contributed by atoms with Crippen molar-refractivity contribution in [2.45, 2.75) is 56.1 Å². The number of carbonyl (C=O) groups is 1. The highest BCUT2D eigenvalue weighted by atomic mass is 32.2. The summed E-state index contributed by atoms with van der Waals surface area (Å²) in [7, 11) is 4.19. The van der Waals surface area contributed by atoms with Gasteiger partial charge in [-0.2, -0.15) is 0 Å². The highest BCUT2D eigenvalue weighted by molar-refractivity contribution is 8.19. The first-order valence-corrected chi connectivity index (χ1v) is 9.92. The lowest BCUT2D eigenvalue weighted by molar-refractivity contribution is -0.142. The molecule has 2 aliphatic rings. The van der Waals surface area contributed by atoms with E-state index >= 15 is 0 Å². The van der Waals surface area contributed by atoms with Gasteiger partial charge in [-0.05, 0) is 50.4 Å². The number of ether oxygens (including phenoxy) is 1. The Hall–Kier alpha value is -0.130. The number of likely N-dealkylation sites (N-methyl/N-ethyl adjacent to an activating group) is 1. The second kappa shape index (κ2) is 7.42. The maximum absolute atomic E-state index is 12.9. The van der Waals surface area contributed by atoms with Gasteiger partial charge < -0.3 is 9.64 Å². The van der Waals surface area contributed by atoms with Crippen LogP contribution in [0.4, 0.5) is 0 Å². The Morgan fingerprint density at radius 2 is 1.76 bits per heavy atom. The number of hydrogen-bond acceptors (Lipinski definition) is 5. The summed E-state index contributed by atoms with van der Waals surface area (Å²) in [6, 6.07) is 0.154. The van der Waals surface area contributed by atoms with Crippen molar-refractivity contribution in [2.75, 3.05) is 25.6 Å². The van der Waals surface area contributed by atoms with Gasteiger partial charge in [0.1, 0.15) is 5.76 Å². The highest BCUT2D eigenvalue weighted by Crippen LogP contribution is 2.50. The second-order valence-electron chi connectivity index (χ2n) is 5.80. The molecule has 0 fully saturated rings. The van der Waals surface area contributed by atoms with E-state index in [0.29, 0.717) is 0 Å². The van der Waals surface area contributed by atoms with Crippen LogP contribution in [0.3, 0.4) is 0 Å². The van der Waals surface area contributed by atoms with Gasteiger partial charge in [-0.1, -0.05) is 20.3 Å². The van der Waals surface area contributed by atoms with E-state index in [1.807, 2.05) is 0 Å². The molecule has 0 unspecified atom stereocenters. The molecule has 0 bridgehead atoms. The third kappa shape index (κ3) is 3.30. The van der Waals surface area contributed by atoms with E-state index in [1.165, 1.54) is 18.4 Å². The van der Waals surface area contributed by atoms with Crippen molar-refractivity contribution >= 4 is 29.5 Å². The molecule has 120 valence electrons. The smallest absolute Gasteiger partial charge is 0.339 e. The standard InChI is InChI=1S/C16H27NO2S2/c1-5-20-16(21-6-2)14(17(3)4)12-10-8-7-9-11-13(12)19-15(16)18/h14H,5-11H2,1-4H3/t14-/m0/s1. The Kier molecular flexibility index (Phi) is 6.09. The summed E-state index contributed by atoms with van der Waals surface area (Å²) >= 11 is 3.49. The van der Waals surface area contributed by atoms with E-state index in [9.17, 15) is 4.79 Å². The first kappa shape index (κ1) is 17.2. The third-order valence-electron chi connectivity index (χ3n) is 4.13. The maximum atomic E-state index is 12.9. The fourth-order valence-electron chi connectivity index (χ4n) is 3.41. The molecule has 1 aliphatic carbocycles. The Labute approximate surface area is 137 Å². The van der Waals surface area contributed by atoms with Crippen molar-refractivity contribution in [3.8, 4) is 0 Å². The van der Waals surface area contributed by atoms with Crippen LogP contribution in [0.25, 0.3) is 0 Å². The summed E-state index contributed by atoms with van der Waals surface area (Å²) in [5, 5.41) is 0. The molecular weight excluding hydrogens is 302 g/mol. The molecule has 0 radical (unpaired) electrons. The number of nitrogens with zero attached hydrogens (tertiary/aromatic N) is 1. The molecule has 0 spiro atoms. The SMILES string of the molecule is CCSC1(SCC)C(=O)OC2=C(CCCCC2)[C@@H]1N(C)C. The molecule has 2 rings (SSSR count). The summed E-state index contributed by atoms with van der Waals surface area (Å²) < 4.78 is 5.34. The van der Waals surface area contributed by atoms with Gasteiger partial charge in [-0.3, -0.25) is 0 Å². The van der Waals surface area contributed by atoms with Crippen molar-refractivity contribution in [1.29, 1.82) is 0 Å². The van der Waals surface area contributed by atoms with Crippen molar-refractivity contribution in [1.82, 2.24) is 4.90 Å². The van der Waals surface area contributed by atoms with Crippen LogP contribution < -0.4 is 0 Å². The van der Waals surface area contributed by atoms with Crippen LogP contribution in [0.1, 0.15) is 46.0 Å². The number of carbonyl (C=O) groups excluding carboxylic acids is 1. The summed E-state index contributed by atoms with van der Waals surface area (Å²) in [6.07, 6.45) is 5.59. The largest absolute Gasteiger partial charge is 0.429 e. The van der Waals surface area contributed by atoms with Gasteiger partial charge in [0, 0.05) is 6.42 Å². The van der Waals surface area contributed by atoms with Crippen molar-refractivity contribution in [3.05, 3.63) is 11.3 Å². The number of allylic oxidation sites excluding steroid dienone is 1. The lowest BCUT2D eigenvalue weighted by Gasteiger charge is -2.45. The van der Waals surface area contributed by atoms with Crippen LogP contribution in [-0.2, 0) is 9.53 Å². The summed E-state index contributed by atoms with van der Waals surface area (Å²) in [5.74, 6) is 2.78. The number of thioether (sulfide) groups is 2. The van der Waals surface area contributed by atoms with Gasteiger partial charge in [-0.25, -0.2) is 4.79 Å². The minimum atomic E-state index is -0.504. The zero-order valence-corrected chi connectivity index (χ0v) is 15.2. The van der Waals surface area contributed by atoms with Crippen LogP contribution in [0.2, 0.25) is 0 Å². The van der Waals surface area contributed by atoms with Crippen LogP contribution >= 0.6 is 23.5 Å². The van der Waals surface area contributed by atoms with E-state index in [4.69, 9.17) is 4.74 Å². The minimum Gasteiger partial charge on any atom is -0.429 e. The molecule has 0 aromatic carbocycles. The van der Waals surface area contributed by atoms with Crippen LogP contribution in [0.15, 0.2) is 11.3 Å². The predicted octanol–water partition coefficient (Wildman–Crippen LogP) is 3.89. The fraction of sp³-hybridized carbons (Fsp3) is 0.812. The molecule has 0 amide bonds. The number of rotatable bonds is 5. The zero-order chi connectivity index (χ0) is 15.5. The second-order valence-corrected chi connectivity index (χ2v) is 9.08. The topological polar surface area (TPSA) is 29.5 Å². The Morgan fingerprint density at radius 1 is 1.14 bits per heavy atom. The first-order valence-electron chi connectivity index (χ1n) is 7.95. The number of esters is 1. The molecule has 0 aromatic heterocycles. The van der Waals surface area contributed by atoms with Crippen molar-refractivity contribution in [2.24, 2.45) is 0 Å². The fourth-order valence-corrected chi connectivity index (χ4v) is 6.64. The summed E-state index contributed by atoms with van der Waals surface area (Å²) in [4.78, 5) is 15.1. The van der Waals surface area contributed by atoms with Gasteiger partial charge in [-0.15, -0.1) is 23.5 Å². The zero-order valence-electron chi connectivity index (χ0n) is 13.6. The van der Waals surface area contributed by atoms with Crippen molar-refractivity contribution < 1.29 is 9.53 Å². The average molecular weight is 330 g/mol. The summed E-state index contributed by atoms with van der Waals surface area (Å²) in [6.45, 7) is 4.25. The molecule has 3 nitrogen and oxygen atoms in total. The predicted molar refractivity (Wildman–Crippen MR) is 92.7 cm³/mol. The minimum absolute atomic E-state index is 0.0412. The molecule has 0 aromatic rings. The number of hydrogen-bond donors (Lipinski definition) is 0. The highest BCUT2D eigenvalue weighted by Gasteiger charge is 2.54. The van der Waals surface area contributed by atoms with E-state index in [2.05, 4.69) is 32.8 Å². The van der Waals surface area contributed by atoms with E-state index in [1.54, 1.807) is 23.5 Å². The molecule has 0 saturated carbocycles. The van der Waals surface area contributed by atoms with Crippen LogP contribution in [-0.4, -0.2) is 46.6 Å². The molecule has 0 saturated heterocycles. The molecule has 21 heavy (non-hydrogen) atoms. The monoisotopic (exact) mass is 329 g/mol. The van der Waals surface area contributed by atoms with Gasteiger partial charge in [0.05, 0.1) is 6.04 Å². The van der Waals surface area contributed by atoms with Gasteiger partial charge in [0.2, 0.25) is 0 Å². The van der Waals surface area contributed by atoms with E-state index in [0.717, 1.165) is 36.5 Å². The molecule has 1 aliphatic heterocycles. The quantitative estimate of drug-likeness (QED) is 0.564. The van der Waals surface area contributed by atoms with Gasteiger partial charge in [0.25, 0.3) is 0 Å². The molecule has 1 atom stereocenters. The molecule has 1 heterocycles. The third-order valence-corrected chi connectivity index (χ3v) is 7.05. The Balaban J connectivity index is 2.48. The van der Waals surface area contributed by atoms with E-state index in [-0.39, 0.29) is 12.0 Å². The average Bonchev–Trinajstić information content (AvgIpc) is 2.65. The maximum Gasteiger partial charge on any atom is 0.339 e. The Bertz CT molecular complexity index is 415. The molecular formula is C16H27NO2S2. The Morgan fingerprint density at radius 3 is 2.33 bits per heavy atom. The lowest BCUT2D eigenvalue weighted by Crippen LogP contribution is -2.55.